The first kappa shape index (κ1) is 14.8. The fourth-order valence-corrected chi connectivity index (χ4v) is 1.71. The summed E-state index contributed by atoms with van der Waals surface area (Å²) in [6.45, 7) is 1.30. The Kier molecular flexibility index (Phi) is 4.73. The third kappa shape index (κ3) is 4.77. The molecule has 2 N–H and O–H groups in total. The third-order valence-corrected chi connectivity index (χ3v) is 2.55. The summed E-state index contributed by atoms with van der Waals surface area (Å²) in [5.41, 5.74) is 0.480. The second-order valence-electron chi connectivity index (χ2n) is 4.06. The molecule has 0 saturated heterocycles. The van der Waals surface area contributed by atoms with Crippen LogP contribution in [0.25, 0.3) is 0 Å². The van der Waals surface area contributed by atoms with E-state index in [9.17, 15) is 9.59 Å². The van der Waals surface area contributed by atoms with Gasteiger partial charge in [-0.1, -0.05) is 17.7 Å². The van der Waals surface area contributed by atoms with Gasteiger partial charge in [-0.15, -0.1) is 0 Å². The maximum absolute atomic E-state index is 11.8. The first-order valence-electron chi connectivity index (χ1n) is 6.01. The van der Waals surface area contributed by atoms with E-state index < -0.39 is 12.0 Å². The van der Waals surface area contributed by atoms with E-state index in [2.05, 4.69) is 15.6 Å². The van der Waals surface area contributed by atoms with Crippen LogP contribution in [0, 0.1) is 0 Å². The predicted octanol–water partition coefficient (Wildman–Crippen LogP) is 3.30. The van der Waals surface area contributed by atoms with Crippen LogP contribution in [0.4, 0.5) is 16.3 Å². The number of hydrogen-bond acceptors (Lipinski definition) is 4. The van der Waals surface area contributed by atoms with Crippen molar-refractivity contribution in [2.75, 3.05) is 10.6 Å². The topological polar surface area (TPSA) is 80.3 Å². The van der Waals surface area contributed by atoms with Gasteiger partial charge in [0.15, 0.2) is 0 Å². The van der Waals surface area contributed by atoms with Gasteiger partial charge >= 0.3 is 12.0 Å². The highest BCUT2D eigenvalue weighted by Crippen LogP contribution is 2.18. The quantitative estimate of drug-likeness (QED) is 0.673. The van der Waals surface area contributed by atoms with E-state index in [1.54, 1.807) is 24.3 Å². The number of rotatable bonds is 3. The number of nitrogens with one attached hydrogen (secondary N) is 2. The molecular weight excluding hydrogens is 294 g/mol. The molecule has 0 unspecified atom stereocenters. The summed E-state index contributed by atoms with van der Waals surface area (Å²) < 4.78 is 4.93. The molecule has 2 aromatic rings. The normalized spacial score (nSPS) is 9.81. The van der Waals surface area contributed by atoms with Crippen LogP contribution in [0.3, 0.4) is 0 Å². The number of esters is 1. The van der Waals surface area contributed by atoms with Gasteiger partial charge in [-0.3, -0.25) is 10.1 Å². The molecule has 0 aliphatic carbocycles. The lowest BCUT2D eigenvalue weighted by molar-refractivity contribution is -0.131. The van der Waals surface area contributed by atoms with E-state index in [0.717, 1.165) is 0 Å². The van der Waals surface area contributed by atoms with E-state index in [4.69, 9.17) is 16.3 Å². The average molecular weight is 306 g/mol. The molecular formula is C14H12ClN3O3. The number of nitrogens with zero attached hydrogens (tertiary/aromatic N) is 1. The number of benzene rings is 1. The van der Waals surface area contributed by atoms with Gasteiger partial charge < -0.3 is 10.1 Å². The van der Waals surface area contributed by atoms with Crippen molar-refractivity contribution < 1.29 is 14.3 Å². The summed E-state index contributed by atoms with van der Waals surface area (Å²) in [6, 6.07) is 9.12. The molecule has 21 heavy (non-hydrogen) atoms. The van der Waals surface area contributed by atoms with Crippen LogP contribution < -0.4 is 15.4 Å². The second kappa shape index (κ2) is 6.71. The van der Waals surface area contributed by atoms with Gasteiger partial charge in [-0.2, -0.15) is 0 Å². The Labute approximate surface area is 126 Å². The van der Waals surface area contributed by atoms with Crippen LogP contribution in [-0.4, -0.2) is 17.0 Å². The zero-order valence-corrected chi connectivity index (χ0v) is 11.8. The second-order valence-corrected chi connectivity index (χ2v) is 4.50. The molecule has 1 aromatic heterocycles. The molecule has 0 bridgehead atoms. The lowest BCUT2D eigenvalue weighted by Gasteiger charge is -2.08. The molecule has 0 atom stereocenters. The Morgan fingerprint density at radius 2 is 2.00 bits per heavy atom. The number of anilines is 2. The number of amides is 2. The number of carbonyl (C=O) groups is 2. The SMILES string of the molecule is CC(=O)Oc1cccc(NC(=O)Nc2cc(Cl)ccn2)c1. The third-order valence-electron chi connectivity index (χ3n) is 2.32. The lowest BCUT2D eigenvalue weighted by Crippen LogP contribution is -2.20. The van der Waals surface area contributed by atoms with Gasteiger partial charge in [0, 0.05) is 29.9 Å². The maximum Gasteiger partial charge on any atom is 0.324 e. The number of hydrogen-bond donors (Lipinski definition) is 2. The molecule has 7 heteroatoms. The Morgan fingerprint density at radius 1 is 1.19 bits per heavy atom. The molecule has 2 amide bonds. The van der Waals surface area contributed by atoms with E-state index >= 15 is 0 Å². The van der Waals surface area contributed by atoms with Gasteiger partial charge in [-0.25, -0.2) is 9.78 Å². The van der Waals surface area contributed by atoms with E-state index in [0.29, 0.717) is 22.3 Å². The van der Waals surface area contributed by atoms with Gasteiger partial charge in [0.25, 0.3) is 0 Å². The van der Waals surface area contributed by atoms with E-state index in [-0.39, 0.29) is 0 Å². The Morgan fingerprint density at radius 3 is 2.71 bits per heavy atom. The standard InChI is InChI=1S/C14H12ClN3O3/c1-9(19)21-12-4-2-3-11(8-12)17-14(20)18-13-7-10(15)5-6-16-13/h2-8H,1H3,(H2,16,17,18,20). The van der Waals surface area contributed by atoms with Crippen molar-refractivity contribution in [1.29, 1.82) is 0 Å². The number of carbonyl (C=O) groups excluding carboxylic acids is 2. The van der Waals surface area contributed by atoms with Crippen molar-refractivity contribution in [3.8, 4) is 5.75 Å². The van der Waals surface area contributed by atoms with E-state index in [1.165, 1.54) is 25.3 Å². The van der Waals surface area contributed by atoms with Gasteiger partial charge in [0.2, 0.25) is 0 Å². The lowest BCUT2D eigenvalue weighted by atomic mass is 10.3. The Hall–Kier alpha value is -2.60. The summed E-state index contributed by atoms with van der Waals surface area (Å²) in [7, 11) is 0. The van der Waals surface area contributed by atoms with Crippen LogP contribution in [0.1, 0.15) is 6.92 Å². The molecule has 0 saturated carbocycles. The van der Waals surface area contributed by atoms with E-state index in [1.807, 2.05) is 0 Å². The molecule has 0 fully saturated rings. The molecule has 6 nitrogen and oxygen atoms in total. The first-order valence-corrected chi connectivity index (χ1v) is 6.39. The van der Waals surface area contributed by atoms with Crippen molar-refractivity contribution in [1.82, 2.24) is 4.98 Å². The minimum absolute atomic E-state index is 0.330. The number of urea groups is 1. The molecule has 108 valence electrons. The maximum atomic E-state index is 11.8. The molecule has 0 radical (unpaired) electrons. The Balaban J connectivity index is 2.01. The highest BCUT2D eigenvalue weighted by molar-refractivity contribution is 6.30. The summed E-state index contributed by atoms with van der Waals surface area (Å²) in [4.78, 5) is 26.6. The van der Waals surface area contributed by atoms with Crippen molar-refractivity contribution in [2.45, 2.75) is 6.92 Å². The number of ether oxygens (including phenoxy) is 1. The molecule has 0 aliphatic heterocycles. The summed E-state index contributed by atoms with van der Waals surface area (Å²) >= 11 is 5.80. The highest BCUT2D eigenvalue weighted by atomic mass is 35.5. The van der Waals surface area contributed by atoms with Crippen molar-refractivity contribution in [2.24, 2.45) is 0 Å². The molecule has 1 aromatic carbocycles. The average Bonchev–Trinajstić information content (AvgIpc) is 2.37. The van der Waals surface area contributed by atoms with Crippen LogP contribution in [0.5, 0.6) is 5.75 Å². The fraction of sp³-hybridized carbons (Fsp3) is 0.0714. The monoisotopic (exact) mass is 305 g/mol. The molecule has 0 aliphatic rings. The summed E-state index contributed by atoms with van der Waals surface area (Å²) in [6.07, 6.45) is 1.49. The molecule has 2 rings (SSSR count). The first-order chi connectivity index (χ1) is 10.0. The fourth-order valence-electron chi connectivity index (χ4n) is 1.56. The Bertz CT molecular complexity index is 676. The van der Waals surface area contributed by atoms with Crippen molar-refractivity contribution in [3.05, 3.63) is 47.6 Å². The van der Waals surface area contributed by atoms with Crippen LogP contribution >= 0.6 is 11.6 Å². The number of aromatic nitrogens is 1. The van der Waals surface area contributed by atoms with Crippen LogP contribution in [0.2, 0.25) is 5.02 Å². The highest BCUT2D eigenvalue weighted by Gasteiger charge is 2.05. The van der Waals surface area contributed by atoms with Crippen LogP contribution in [-0.2, 0) is 4.79 Å². The largest absolute Gasteiger partial charge is 0.427 e. The van der Waals surface area contributed by atoms with Gasteiger partial charge in [0.05, 0.1) is 0 Å². The van der Waals surface area contributed by atoms with Crippen molar-refractivity contribution in [3.63, 3.8) is 0 Å². The zero-order valence-electron chi connectivity index (χ0n) is 11.1. The predicted molar refractivity (Wildman–Crippen MR) is 79.6 cm³/mol. The van der Waals surface area contributed by atoms with Crippen molar-refractivity contribution >= 4 is 35.1 Å². The zero-order chi connectivity index (χ0) is 15.2. The smallest absolute Gasteiger partial charge is 0.324 e. The number of halogens is 1. The summed E-state index contributed by atoms with van der Waals surface area (Å²) in [5.74, 6) is 0.247. The van der Waals surface area contributed by atoms with Gasteiger partial charge in [0.1, 0.15) is 11.6 Å². The van der Waals surface area contributed by atoms with Gasteiger partial charge in [-0.05, 0) is 24.3 Å². The molecule has 1 heterocycles. The minimum Gasteiger partial charge on any atom is -0.427 e. The summed E-state index contributed by atoms with van der Waals surface area (Å²) in [5, 5.41) is 5.61. The van der Waals surface area contributed by atoms with Crippen LogP contribution in [0.15, 0.2) is 42.6 Å². The number of pyridine rings is 1. The molecule has 0 spiro atoms. The minimum atomic E-state index is -0.482.